The molecule has 28 heavy (non-hydrogen) atoms. The van der Waals surface area contributed by atoms with Crippen molar-refractivity contribution in [3.63, 3.8) is 0 Å². The number of methoxy groups -OCH3 is 1. The van der Waals surface area contributed by atoms with Crippen LogP contribution in [0.3, 0.4) is 0 Å². The molecule has 0 unspecified atom stereocenters. The summed E-state index contributed by atoms with van der Waals surface area (Å²) in [5, 5.41) is 5.71. The van der Waals surface area contributed by atoms with E-state index >= 15 is 0 Å². The van der Waals surface area contributed by atoms with Crippen molar-refractivity contribution in [2.45, 2.75) is 26.3 Å². The highest BCUT2D eigenvalue weighted by Crippen LogP contribution is 2.28. The Kier molecular flexibility index (Phi) is 8.09. The summed E-state index contributed by atoms with van der Waals surface area (Å²) >= 11 is 0. The van der Waals surface area contributed by atoms with Gasteiger partial charge < -0.3 is 20.1 Å². The van der Waals surface area contributed by atoms with Crippen LogP contribution >= 0.6 is 0 Å². The second kappa shape index (κ2) is 10.8. The second-order valence-electron chi connectivity index (χ2n) is 6.14. The van der Waals surface area contributed by atoms with Crippen molar-refractivity contribution >= 4 is 17.5 Å². The summed E-state index contributed by atoms with van der Waals surface area (Å²) in [6.45, 7) is 6.30. The topological polar surface area (TPSA) is 76.7 Å². The lowest BCUT2D eigenvalue weighted by atomic mass is 10.1. The Morgan fingerprint density at radius 2 is 1.86 bits per heavy atom. The summed E-state index contributed by atoms with van der Waals surface area (Å²) in [6, 6.07) is 12.4. The van der Waals surface area contributed by atoms with E-state index < -0.39 is 0 Å². The predicted molar refractivity (Wildman–Crippen MR) is 110 cm³/mol. The molecule has 2 amide bonds. The van der Waals surface area contributed by atoms with Crippen molar-refractivity contribution in [2.75, 3.05) is 19.0 Å². The van der Waals surface area contributed by atoms with Gasteiger partial charge in [0.05, 0.1) is 7.11 Å². The summed E-state index contributed by atoms with van der Waals surface area (Å²) in [4.78, 5) is 24.0. The highest BCUT2D eigenvalue weighted by molar-refractivity contribution is 5.95. The largest absolute Gasteiger partial charge is 0.493 e. The maximum absolute atomic E-state index is 12.4. The van der Waals surface area contributed by atoms with E-state index in [1.54, 1.807) is 24.3 Å². The zero-order valence-corrected chi connectivity index (χ0v) is 16.3. The number of anilines is 1. The molecule has 0 bridgehead atoms. The summed E-state index contributed by atoms with van der Waals surface area (Å²) in [5.74, 6) is 0.827. The van der Waals surface area contributed by atoms with E-state index in [1.165, 1.54) is 7.11 Å². The van der Waals surface area contributed by atoms with Crippen LogP contribution in [0.15, 0.2) is 55.1 Å². The predicted octanol–water partition coefficient (Wildman–Crippen LogP) is 3.93. The number of carbonyl (C=O) groups excluding carboxylic acids is 2. The Balaban J connectivity index is 1.94. The quantitative estimate of drug-likeness (QED) is 0.611. The normalized spacial score (nSPS) is 10.1. The number of hydrogen-bond acceptors (Lipinski definition) is 4. The number of amides is 2. The van der Waals surface area contributed by atoms with Crippen LogP contribution in [0.4, 0.5) is 5.69 Å². The van der Waals surface area contributed by atoms with Gasteiger partial charge in [-0.05, 0) is 42.3 Å². The Labute approximate surface area is 165 Å². The number of carbonyl (C=O) groups is 2. The van der Waals surface area contributed by atoms with Gasteiger partial charge in [0.25, 0.3) is 5.91 Å². The molecule has 6 nitrogen and oxygen atoms in total. The summed E-state index contributed by atoms with van der Waals surface area (Å²) in [5.41, 5.74) is 2.15. The molecular formula is C22H26N2O4. The minimum Gasteiger partial charge on any atom is -0.493 e. The molecular weight excluding hydrogens is 356 g/mol. The molecule has 0 aliphatic heterocycles. The fourth-order valence-electron chi connectivity index (χ4n) is 2.52. The van der Waals surface area contributed by atoms with Crippen LogP contribution in [-0.2, 0) is 11.3 Å². The molecule has 0 aromatic heterocycles. The molecule has 0 aliphatic rings. The smallest absolute Gasteiger partial charge is 0.251 e. The molecule has 148 valence electrons. The lowest BCUT2D eigenvalue weighted by Crippen LogP contribution is -2.22. The Bertz CT molecular complexity index is 816. The van der Waals surface area contributed by atoms with E-state index in [0.29, 0.717) is 36.6 Å². The highest BCUT2D eigenvalue weighted by Gasteiger charge is 2.11. The van der Waals surface area contributed by atoms with E-state index in [-0.39, 0.29) is 11.8 Å². The van der Waals surface area contributed by atoms with Gasteiger partial charge in [0.2, 0.25) is 5.91 Å². The van der Waals surface area contributed by atoms with E-state index in [9.17, 15) is 9.59 Å². The average molecular weight is 382 g/mol. The van der Waals surface area contributed by atoms with Crippen molar-refractivity contribution in [1.29, 1.82) is 0 Å². The van der Waals surface area contributed by atoms with Gasteiger partial charge in [0.15, 0.2) is 11.5 Å². The Morgan fingerprint density at radius 3 is 2.50 bits per heavy atom. The van der Waals surface area contributed by atoms with E-state index in [1.807, 2.05) is 31.2 Å². The third-order valence-electron chi connectivity index (χ3n) is 3.95. The lowest BCUT2D eigenvalue weighted by molar-refractivity contribution is -0.116. The van der Waals surface area contributed by atoms with E-state index in [0.717, 1.165) is 17.7 Å². The molecule has 0 saturated carbocycles. The average Bonchev–Trinajstić information content (AvgIpc) is 2.71. The SMILES string of the molecule is C=CCOc1ccc(C(=O)NCc2ccc(NC(=O)CCC)cc2)cc1OC. The van der Waals surface area contributed by atoms with E-state index in [2.05, 4.69) is 17.2 Å². The minimum atomic E-state index is -0.214. The van der Waals surface area contributed by atoms with Crippen LogP contribution in [0.5, 0.6) is 11.5 Å². The van der Waals surface area contributed by atoms with Gasteiger partial charge in [-0.1, -0.05) is 31.7 Å². The Morgan fingerprint density at radius 1 is 1.11 bits per heavy atom. The molecule has 0 spiro atoms. The van der Waals surface area contributed by atoms with Crippen LogP contribution in [0.2, 0.25) is 0 Å². The van der Waals surface area contributed by atoms with Crippen LogP contribution in [0.1, 0.15) is 35.7 Å². The lowest BCUT2D eigenvalue weighted by Gasteiger charge is -2.11. The molecule has 2 rings (SSSR count). The fraction of sp³-hybridized carbons (Fsp3) is 0.273. The maximum atomic E-state index is 12.4. The van der Waals surface area contributed by atoms with Crippen LogP contribution in [0, 0.1) is 0 Å². The van der Waals surface area contributed by atoms with Crippen molar-refractivity contribution in [3.8, 4) is 11.5 Å². The van der Waals surface area contributed by atoms with Crippen LogP contribution < -0.4 is 20.1 Å². The van der Waals surface area contributed by atoms with Crippen molar-refractivity contribution < 1.29 is 19.1 Å². The van der Waals surface area contributed by atoms with Gasteiger partial charge in [-0.2, -0.15) is 0 Å². The molecule has 0 radical (unpaired) electrons. The van der Waals surface area contributed by atoms with Gasteiger partial charge in [-0.15, -0.1) is 0 Å². The zero-order valence-electron chi connectivity index (χ0n) is 16.3. The third kappa shape index (κ3) is 6.16. The van der Waals surface area contributed by atoms with Crippen molar-refractivity contribution in [3.05, 3.63) is 66.2 Å². The van der Waals surface area contributed by atoms with Gasteiger partial charge >= 0.3 is 0 Å². The molecule has 2 aromatic carbocycles. The first-order chi connectivity index (χ1) is 13.6. The first-order valence-corrected chi connectivity index (χ1v) is 9.16. The molecule has 2 aromatic rings. The Hall–Kier alpha value is -3.28. The zero-order chi connectivity index (χ0) is 20.4. The monoisotopic (exact) mass is 382 g/mol. The van der Waals surface area contributed by atoms with Crippen LogP contribution in [-0.4, -0.2) is 25.5 Å². The highest BCUT2D eigenvalue weighted by atomic mass is 16.5. The summed E-state index contributed by atoms with van der Waals surface area (Å²) in [6.07, 6.45) is 2.95. The van der Waals surface area contributed by atoms with Gasteiger partial charge in [-0.3, -0.25) is 9.59 Å². The minimum absolute atomic E-state index is 0.00184. The molecule has 0 saturated heterocycles. The fourth-order valence-corrected chi connectivity index (χ4v) is 2.52. The standard InChI is InChI=1S/C22H26N2O4/c1-4-6-21(25)24-18-10-7-16(8-11-18)15-23-22(26)17-9-12-19(28-13-5-2)20(14-17)27-3/h5,7-12,14H,2,4,6,13,15H2,1,3H3,(H,23,26)(H,24,25). The molecule has 0 aliphatic carbocycles. The van der Waals surface area contributed by atoms with Crippen molar-refractivity contribution in [1.82, 2.24) is 5.32 Å². The molecule has 6 heteroatoms. The first-order valence-electron chi connectivity index (χ1n) is 9.16. The second-order valence-corrected chi connectivity index (χ2v) is 6.14. The molecule has 2 N–H and O–H groups in total. The number of ether oxygens (including phenoxy) is 2. The van der Waals surface area contributed by atoms with Crippen molar-refractivity contribution in [2.24, 2.45) is 0 Å². The van der Waals surface area contributed by atoms with Crippen LogP contribution in [0.25, 0.3) is 0 Å². The maximum Gasteiger partial charge on any atom is 0.251 e. The molecule has 0 fully saturated rings. The number of rotatable bonds is 10. The van der Waals surface area contributed by atoms with Gasteiger partial charge in [0.1, 0.15) is 6.61 Å². The number of benzene rings is 2. The third-order valence-corrected chi connectivity index (χ3v) is 3.95. The summed E-state index contributed by atoms with van der Waals surface area (Å²) in [7, 11) is 1.53. The van der Waals surface area contributed by atoms with Gasteiger partial charge in [0, 0.05) is 24.2 Å². The summed E-state index contributed by atoms with van der Waals surface area (Å²) < 4.78 is 10.8. The molecule has 0 atom stereocenters. The van der Waals surface area contributed by atoms with E-state index in [4.69, 9.17) is 9.47 Å². The first kappa shape index (κ1) is 21.0. The van der Waals surface area contributed by atoms with Gasteiger partial charge in [-0.25, -0.2) is 0 Å². The number of hydrogen-bond donors (Lipinski definition) is 2. The molecule has 0 heterocycles. The number of nitrogens with one attached hydrogen (secondary N) is 2.